The second-order valence-electron chi connectivity index (χ2n) is 16.1. The van der Waals surface area contributed by atoms with Crippen LogP contribution in [0.25, 0.3) is 16.7 Å². The molecule has 4 atom stereocenters. The Bertz CT molecular complexity index is 2500. The van der Waals surface area contributed by atoms with Crippen LogP contribution >= 0.6 is 11.8 Å². The van der Waals surface area contributed by atoms with E-state index in [1.165, 1.54) is 74.5 Å². The lowest BCUT2D eigenvalue weighted by Crippen LogP contribution is -2.33. The first-order valence-corrected chi connectivity index (χ1v) is 21.5. The zero-order valence-electron chi connectivity index (χ0n) is 31.7. The molecule has 3 aromatic carbocycles. The van der Waals surface area contributed by atoms with Gasteiger partial charge >= 0.3 is 0 Å². The van der Waals surface area contributed by atoms with Crippen molar-refractivity contribution in [2.45, 2.75) is 62.3 Å². The monoisotopic (exact) mass is 742 g/mol. The Morgan fingerprint density at radius 2 is 1.36 bits per heavy atom. The van der Waals surface area contributed by atoms with Crippen LogP contribution in [0.2, 0.25) is 0 Å². The average molecular weight is 743 g/mol. The van der Waals surface area contributed by atoms with Gasteiger partial charge in [-0.05, 0) is 119 Å². The number of hydrogen-bond donors (Lipinski definition) is 1. The zero-order chi connectivity index (χ0) is 37.0. The summed E-state index contributed by atoms with van der Waals surface area (Å²) in [6.45, 7) is 0. The van der Waals surface area contributed by atoms with Crippen molar-refractivity contribution >= 4 is 23.0 Å². The lowest BCUT2D eigenvalue weighted by atomic mass is 9.80. The first kappa shape index (κ1) is 33.8. The molecule has 3 heteroatoms. The molecular weight excluding hydrogens is 697 g/mol. The van der Waals surface area contributed by atoms with Crippen molar-refractivity contribution in [2.75, 3.05) is 4.90 Å². The molecule has 1 N–H and O–H groups in total. The summed E-state index contributed by atoms with van der Waals surface area (Å²) in [7, 11) is 0. The van der Waals surface area contributed by atoms with Crippen LogP contribution in [0.5, 0.6) is 0 Å². The molecular formula is C53H46N2S. The number of fused-ring (bicyclic) bond motifs is 6. The summed E-state index contributed by atoms with van der Waals surface area (Å²) in [5.41, 5.74) is 19.8. The van der Waals surface area contributed by atoms with Gasteiger partial charge in [-0.15, -0.1) is 11.8 Å². The Hall–Kier alpha value is -5.51. The molecule has 0 bridgehead atoms. The molecule has 0 saturated carbocycles. The highest BCUT2D eigenvalue weighted by molar-refractivity contribution is 8.04. The molecule has 274 valence electrons. The SMILES string of the molecule is C1=CC(c2ccc(-c3ccccc3)cc2)NC(C2=CC=C(N3c4ccccc4C4=CC=C(C5=CC=C(C6=C7SC8C=CC=CC8C7=CCC6)CC5)CC43)CC2)=C1. The van der Waals surface area contributed by atoms with E-state index < -0.39 is 0 Å². The number of nitrogens with zero attached hydrogens (tertiary/aromatic N) is 1. The highest BCUT2D eigenvalue weighted by Crippen LogP contribution is 2.54. The minimum absolute atomic E-state index is 0.159. The van der Waals surface area contributed by atoms with E-state index in [0.29, 0.717) is 17.2 Å². The van der Waals surface area contributed by atoms with Gasteiger partial charge in [0.1, 0.15) is 0 Å². The number of dihydropyridines is 1. The number of thioether (sulfide) groups is 1. The van der Waals surface area contributed by atoms with Crippen molar-refractivity contribution in [3.8, 4) is 11.1 Å². The maximum atomic E-state index is 3.86. The molecule has 1 fully saturated rings. The quantitative estimate of drug-likeness (QED) is 0.271. The predicted molar refractivity (Wildman–Crippen MR) is 237 cm³/mol. The third-order valence-corrected chi connectivity index (χ3v) is 14.4. The zero-order valence-corrected chi connectivity index (χ0v) is 32.5. The Labute approximate surface area is 335 Å². The van der Waals surface area contributed by atoms with Gasteiger partial charge in [-0.1, -0.05) is 146 Å². The number of allylic oxidation sites excluding steroid dienone is 18. The first-order chi connectivity index (χ1) is 27.7. The summed E-state index contributed by atoms with van der Waals surface area (Å²) in [6, 6.07) is 29.2. The van der Waals surface area contributed by atoms with Crippen molar-refractivity contribution in [2.24, 2.45) is 5.92 Å². The van der Waals surface area contributed by atoms with E-state index in [2.05, 4.69) is 186 Å². The second-order valence-corrected chi connectivity index (χ2v) is 17.3. The number of nitrogens with one attached hydrogen (secondary N) is 1. The fraction of sp³-hybridized carbons (Fsp3) is 0.208. The molecule has 0 radical (unpaired) electrons. The van der Waals surface area contributed by atoms with Crippen LogP contribution in [0.1, 0.15) is 62.1 Å². The van der Waals surface area contributed by atoms with Crippen LogP contribution in [-0.4, -0.2) is 11.3 Å². The molecule has 0 aromatic heterocycles. The Morgan fingerprint density at radius 3 is 2.21 bits per heavy atom. The van der Waals surface area contributed by atoms with E-state index in [9.17, 15) is 0 Å². The Kier molecular flexibility index (Phi) is 8.58. The van der Waals surface area contributed by atoms with Gasteiger partial charge in [0.05, 0.1) is 12.1 Å². The van der Waals surface area contributed by atoms with E-state index >= 15 is 0 Å². The number of hydrogen-bond acceptors (Lipinski definition) is 3. The van der Waals surface area contributed by atoms with Gasteiger partial charge in [0, 0.05) is 38.7 Å². The van der Waals surface area contributed by atoms with Crippen LogP contribution in [0.15, 0.2) is 214 Å². The van der Waals surface area contributed by atoms with Gasteiger partial charge < -0.3 is 10.2 Å². The number of para-hydroxylation sites is 1. The van der Waals surface area contributed by atoms with Crippen LogP contribution in [-0.2, 0) is 0 Å². The van der Waals surface area contributed by atoms with Gasteiger partial charge in [0.25, 0.3) is 0 Å². The van der Waals surface area contributed by atoms with Crippen LogP contribution in [0.4, 0.5) is 5.69 Å². The van der Waals surface area contributed by atoms with Gasteiger partial charge in [-0.25, -0.2) is 0 Å². The van der Waals surface area contributed by atoms with E-state index in [-0.39, 0.29) is 6.04 Å². The van der Waals surface area contributed by atoms with Crippen molar-refractivity contribution in [3.05, 3.63) is 225 Å². The second kappa shape index (κ2) is 14.2. The number of anilines is 1. The largest absolute Gasteiger partial charge is 0.374 e. The maximum Gasteiger partial charge on any atom is 0.0701 e. The smallest absolute Gasteiger partial charge is 0.0701 e. The standard InChI is InChI=1S/C53H46N2S/c1-2-10-35(11-3-1)36-22-26-39(27-23-36)48-16-9-17-49(54-48)40-28-31-42(32-29-40)55-50-18-6-4-12-44(50)45-33-30-41(34-51(45)55)37-20-24-38(25-21-37)43-14-8-15-47-46-13-5-7-19-52(46)56-53(43)47/h1-7,9-13,15-20,22-24,26-28,30-31,33,46,48,51-52,54H,8,14,21,25,29,32,34H2. The Morgan fingerprint density at radius 1 is 0.589 bits per heavy atom. The molecule has 3 heterocycles. The molecule has 11 rings (SSSR count). The summed E-state index contributed by atoms with van der Waals surface area (Å²) in [5.74, 6) is 0.554. The number of benzene rings is 3. The third kappa shape index (κ3) is 5.96. The van der Waals surface area contributed by atoms with E-state index in [0.717, 1.165) is 32.1 Å². The minimum atomic E-state index is 0.159. The molecule has 56 heavy (non-hydrogen) atoms. The summed E-state index contributed by atoms with van der Waals surface area (Å²) < 4.78 is 0. The van der Waals surface area contributed by atoms with Gasteiger partial charge in [-0.2, -0.15) is 0 Å². The lowest BCUT2D eigenvalue weighted by molar-refractivity contribution is 0.687. The molecule has 8 aliphatic rings. The summed E-state index contributed by atoms with van der Waals surface area (Å²) in [5, 5.41) is 4.42. The summed E-state index contributed by atoms with van der Waals surface area (Å²) in [4.78, 5) is 4.25. The summed E-state index contributed by atoms with van der Waals surface area (Å²) >= 11 is 2.10. The fourth-order valence-electron chi connectivity index (χ4n) is 10.1. The fourth-order valence-corrected chi connectivity index (χ4v) is 11.7. The summed E-state index contributed by atoms with van der Waals surface area (Å²) in [6.07, 6.45) is 40.8. The van der Waals surface area contributed by atoms with Gasteiger partial charge in [0.2, 0.25) is 0 Å². The predicted octanol–water partition coefficient (Wildman–Crippen LogP) is 13.1. The van der Waals surface area contributed by atoms with Crippen molar-refractivity contribution < 1.29 is 0 Å². The molecule has 4 unspecified atom stereocenters. The third-order valence-electron chi connectivity index (χ3n) is 13.0. The molecule has 3 aromatic rings. The normalized spacial score (nSPS) is 26.0. The average Bonchev–Trinajstić information content (AvgIpc) is 3.83. The van der Waals surface area contributed by atoms with Crippen LogP contribution in [0.3, 0.4) is 0 Å². The minimum Gasteiger partial charge on any atom is -0.374 e. The van der Waals surface area contributed by atoms with E-state index in [1.807, 2.05) is 0 Å². The van der Waals surface area contributed by atoms with Crippen LogP contribution < -0.4 is 10.2 Å². The highest BCUT2D eigenvalue weighted by atomic mass is 32.2. The molecule has 0 amide bonds. The van der Waals surface area contributed by atoms with Crippen molar-refractivity contribution in [1.29, 1.82) is 0 Å². The topological polar surface area (TPSA) is 15.3 Å². The molecule has 1 saturated heterocycles. The number of rotatable bonds is 6. The van der Waals surface area contributed by atoms with Crippen molar-refractivity contribution in [3.63, 3.8) is 0 Å². The first-order valence-electron chi connectivity index (χ1n) is 20.6. The molecule has 2 nitrogen and oxygen atoms in total. The van der Waals surface area contributed by atoms with Gasteiger partial charge in [-0.3, -0.25) is 0 Å². The molecule has 0 spiro atoms. The highest BCUT2D eigenvalue weighted by Gasteiger charge is 2.39. The lowest BCUT2D eigenvalue weighted by Gasteiger charge is -2.35. The molecule has 5 aliphatic carbocycles. The molecule has 3 aliphatic heterocycles. The van der Waals surface area contributed by atoms with Crippen molar-refractivity contribution in [1.82, 2.24) is 5.32 Å². The maximum absolute atomic E-state index is 3.86. The van der Waals surface area contributed by atoms with Gasteiger partial charge in [0.15, 0.2) is 0 Å². The Balaban J connectivity index is 0.819. The van der Waals surface area contributed by atoms with E-state index in [4.69, 9.17) is 0 Å². The van der Waals surface area contributed by atoms with Crippen LogP contribution in [0, 0.1) is 5.92 Å². The van der Waals surface area contributed by atoms with E-state index in [1.54, 1.807) is 21.6 Å².